The molecule has 1 aromatic carbocycles. The summed E-state index contributed by atoms with van der Waals surface area (Å²) in [4.78, 5) is 10.4. The largest absolute Gasteiger partial charge is 0.356 e. The van der Waals surface area contributed by atoms with Gasteiger partial charge in [0.25, 0.3) is 0 Å². The third kappa shape index (κ3) is 5.19. The lowest BCUT2D eigenvalue weighted by Gasteiger charge is -2.19. The third-order valence-electron chi connectivity index (χ3n) is 4.96. The maximum absolute atomic E-state index is 4.70. The molecule has 0 atom stereocenters. The molecule has 1 fully saturated rings. The first-order valence-electron chi connectivity index (χ1n) is 9.12. The van der Waals surface area contributed by atoms with E-state index >= 15 is 0 Å². The van der Waals surface area contributed by atoms with Crippen LogP contribution < -0.4 is 10.6 Å². The first-order chi connectivity index (χ1) is 12.2. The van der Waals surface area contributed by atoms with E-state index in [1.54, 1.807) is 0 Å². The van der Waals surface area contributed by atoms with E-state index in [9.17, 15) is 0 Å². The highest BCUT2D eigenvalue weighted by molar-refractivity contribution is 14.0. The summed E-state index contributed by atoms with van der Waals surface area (Å²) in [6.45, 7) is 6.12. The predicted octanol–water partition coefficient (Wildman–Crippen LogP) is 4.07. The fourth-order valence-corrected chi connectivity index (χ4v) is 4.22. The molecule has 0 saturated heterocycles. The smallest absolute Gasteiger partial charge is 0.191 e. The Morgan fingerprint density at radius 2 is 1.96 bits per heavy atom. The lowest BCUT2D eigenvalue weighted by Crippen LogP contribution is -2.41. The highest BCUT2D eigenvalue weighted by Gasteiger charge is 2.43. The number of halogens is 1. The van der Waals surface area contributed by atoms with Crippen molar-refractivity contribution in [3.63, 3.8) is 0 Å². The molecule has 2 N–H and O–H groups in total. The summed E-state index contributed by atoms with van der Waals surface area (Å²) in [5.74, 6) is 0.881. The van der Waals surface area contributed by atoms with Crippen molar-refractivity contribution in [1.29, 1.82) is 0 Å². The second-order valence-electron chi connectivity index (χ2n) is 6.71. The van der Waals surface area contributed by atoms with Crippen LogP contribution in [0.3, 0.4) is 0 Å². The van der Waals surface area contributed by atoms with Gasteiger partial charge in [-0.3, -0.25) is 4.99 Å². The molecule has 0 spiro atoms. The van der Waals surface area contributed by atoms with Crippen LogP contribution in [0.15, 0.2) is 35.3 Å². The Morgan fingerprint density at radius 3 is 2.54 bits per heavy atom. The molecule has 2 aromatic rings. The van der Waals surface area contributed by atoms with Crippen molar-refractivity contribution in [1.82, 2.24) is 15.6 Å². The molecule has 0 unspecified atom stereocenters. The van der Waals surface area contributed by atoms with E-state index in [2.05, 4.69) is 59.8 Å². The van der Waals surface area contributed by atoms with E-state index in [0.717, 1.165) is 31.9 Å². The van der Waals surface area contributed by atoms with Gasteiger partial charge < -0.3 is 10.6 Å². The van der Waals surface area contributed by atoms with Crippen molar-refractivity contribution in [3.8, 4) is 0 Å². The number of guanidine groups is 1. The highest BCUT2D eigenvalue weighted by atomic mass is 127. The number of aliphatic imine (C=N–C) groups is 1. The first kappa shape index (κ1) is 21.2. The normalized spacial score (nSPS) is 15.3. The van der Waals surface area contributed by atoms with E-state index in [1.165, 1.54) is 34.0 Å². The van der Waals surface area contributed by atoms with Gasteiger partial charge in [0.2, 0.25) is 0 Å². The van der Waals surface area contributed by atoms with Crippen LogP contribution in [0.1, 0.15) is 40.9 Å². The van der Waals surface area contributed by atoms with Crippen LogP contribution in [0.5, 0.6) is 0 Å². The molecule has 0 aliphatic heterocycles. The summed E-state index contributed by atoms with van der Waals surface area (Å²) >= 11 is 1.81. The highest BCUT2D eigenvalue weighted by Crippen LogP contribution is 2.47. The lowest BCUT2D eigenvalue weighted by molar-refractivity contribution is 0.645. The van der Waals surface area contributed by atoms with Gasteiger partial charge in [-0.05, 0) is 31.7 Å². The minimum Gasteiger partial charge on any atom is -0.356 e. The molecule has 0 amide bonds. The first-order valence-corrected chi connectivity index (χ1v) is 9.94. The zero-order chi connectivity index (χ0) is 17.7. The van der Waals surface area contributed by atoms with Crippen LogP contribution >= 0.6 is 35.3 Å². The zero-order valence-electron chi connectivity index (χ0n) is 15.8. The number of benzene rings is 1. The topological polar surface area (TPSA) is 49.3 Å². The lowest BCUT2D eigenvalue weighted by atomic mass is 9.96. The SMILES string of the molecule is CCc1nc(CCNC(=NC)NCC2(c3ccccc3)CC2)sc1C.I. The maximum atomic E-state index is 4.70. The van der Waals surface area contributed by atoms with E-state index in [4.69, 9.17) is 4.98 Å². The Hall–Kier alpha value is -1.15. The van der Waals surface area contributed by atoms with Crippen LogP contribution in [0, 0.1) is 6.92 Å². The van der Waals surface area contributed by atoms with Gasteiger partial charge in [0.15, 0.2) is 5.96 Å². The monoisotopic (exact) mass is 484 g/mol. The van der Waals surface area contributed by atoms with E-state index in [-0.39, 0.29) is 24.0 Å². The molecule has 0 radical (unpaired) electrons. The second-order valence-corrected chi connectivity index (χ2v) is 8.00. The van der Waals surface area contributed by atoms with E-state index in [1.807, 2.05) is 18.4 Å². The van der Waals surface area contributed by atoms with Gasteiger partial charge in [0.05, 0.1) is 10.7 Å². The zero-order valence-corrected chi connectivity index (χ0v) is 19.0. The van der Waals surface area contributed by atoms with Gasteiger partial charge >= 0.3 is 0 Å². The Labute approximate surface area is 177 Å². The molecule has 6 heteroatoms. The number of thiazole rings is 1. The summed E-state index contributed by atoms with van der Waals surface area (Å²) in [7, 11) is 1.83. The molecule has 0 bridgehead atoms. The van der Waals surface area contributed by atoms with Crippen LogP contribution in [-0.2, 0) is 18.3 Å². The minimum absolute atomic E-state index is 0. The summed E-state index contributed by atoms with van der Waals surface area (Å²) in [5, 5.41) is 8.14. The van der Waals surface area contributed by atoms with Crippen LogP contribution in [0.4, 0.5) is 0 Å². The number of hydrogen-bond donors (Lipinski definition) is 2. The molecular weight excluding hydrogens is 455 g/mol. The van der Waals surface area contributed by atoms with E-state index in [0.29, 0.717) is 5.41 Å². The summed E-state index contributed by atoms with van der Waals surface area (Å²) in [5.41, 5.74) is 2.96. The molecule has 1 heterocycles. The fourth-order valence-electron chi connectivity index (χ4n) is 3.19. The number of hydrogen-bond acceptors (Lipinski definition) is 3. The number of rotatable bonds is 7. The van der Waals surface area contributed by atoms with Gasteiger partial charge in [-0.15, -0.1) is 35.3 Å². The second kappa shape index (κ2) is 9.69. The van der Waals surface area contributed by atoms with Crippen molar-refractivity contribution in [3.05, 3.63) is 51.5 Å². The van der Waals surface area contributed by atoms with Gasteiger partial charge in [-0.1, -0.05) is 37.3 Å². The predicted molar refractivity (Wildman–Crippen MR) is 122 cm³/mol. The molecule has 4 nitrogen and oxygen atoms in total. The van der Waals surface area contributed by atoms with Gasteiger partial charge in [-0.2, -0.15) is 0 Å². The Morgan fingerprint density at radius 1 is 1.23 bits per heavy atom. The molecule has 1 saturated carbocycles. The van der Waals surface area contributed by atoms with Crippen molar-refractivity contribution < 1.29 is 0 Å². The molecule has 26 heavy (non-hydrogen) atoms. The van der Waals surface area contributed by atoms with Crippen molar-refractivity contribution in [2.24, 2.45) is 4.99 Å². The molecule has 3 rings (SSSR count). The number of nitrogens with one attached hydrogen (secondary N) is 2. The molecule has 142 valence electrons. The molecule has 1 aromatic heterocycles. The van der Waals surface area contributed by atoms with Crippen LogP contribution in [0.25, 0.3) is 0 Å². The Kier molecular flexibility index (Phi) is 7.88. The molecule has 1 aliphatic rings. The van der Waals surface area contributed by atoms with Gasteiger partial charge in [0.1, 0.15) is 0 Å². The number of aromatic nitrogens is 1. The van der Waals surface area contributed by atoms with Gasteiger partial charge in [0, 0.05) is 36.9 Å². The quantitative estimate of drug-likeness (QED) is 0.354. The summed E-state index contributed by atoms with van der Waals surface area (Å²) in [6, 6.07) is 10.8. The molecule has 1 aliphatic carbocycles. The Balaban J connectivity index is 0.00000243. The van der Waals surface area contributed by atoms with E-state index < -0.39 is 0 Å². The standard InChI is InChI=1S/C20H28N4S.HI/c1-4-17-15(2)25-18(24-17)10-13-22-19(21-3)23-14-20(11-12-20)16-8-6-5-7-9-16;/h5-9H,4,10-14H2,1-3H3,(H2,21,22,23);1H. The maximum Gasteiger partial charge on any atom is 0.191 e. The number of aryl methyl sites for hydroxylation is 2. The number of nitrogens with zero attached hydrogens (tertiary/aromatic N) is 2. The average molecular weight is 484 g/mol. The fraction of sp³-hybridized carbons (Fsp3) is 0.500. The summed E-state index contributed by atoms with van der Waals surface area (Å²) in [6.07, 6.45) is 4.45. The third-order valence-corrected chi connectivity index (χ3v) is 6.03. The van der Waals surface area contributed by atoms with Crippen molar-refractivity contribution in [2.45, 2.75) is 44.9 Å². The van der Waals surface area contributed by atoms with Crippen molar-refractivity contribution >= 4 is 41.3 Å². The van der Waals surface area contributed by atoms with Crippen LogP contribution in [-0.4, -0.2) is 31.1 Å². The van der Waals surface area contributed by atoms with Crippen molar-refractivity contribution in [2.75, 3.05) is 20.1 Å². The summed E-state index contributed by atoms with van der Waals surface area (Å²) < 4.78 is 0. The minimum atomic E-state index is 0. The molecular formula is C20H29IN4S. The average Bonchev–Trinajstić information content (AvgIpc) is 3.35. The van der Waals surface area contributed by atoms with Gasteiger partial charge in [-0.25, -0.2) is 4.98 Å². The van der Waals surface area contributed by atoms with Crippen LogP contribution in [0.2, 0.25) is 0 Å². The Bertz CT molecular complexity index is 723.